The standard InChI is InChI=1S/C16H31NO/c1-4-5-6-7-8-9-10-11-12-13-16(18)17-14-15(2)3/h12-13,15H,4-11,14H2,1-3H3,(H,17,18)/b13-12+. The van der Waals surface area contributed by atoms with Crippen LogP contribution in [0.15, 0.2) is 12.2 Å². The van der Waals surface area contributed by atoms with Crippen molar-refractivity contribution >= 4 is 5.91 Å². The Bertz CT molecular complexity index is 221. The zero-order valence-electron chi connectivity index (χ0n) is 12.5. The molecule has 0 saturated heterocycles. The Morgan fingerprint density at radius 2 is 1.67 bits per heavy atom. The van der Waals surface area contributed by atoms with Gasteiger partial charge in [0, 0.05) is 6.54 Å². The van der Waals surface area contributed by atoms with Gasteiger partial charge in [0.05, 0.1) is 0 Å². The second-order valence-electron chi connectivity index (χ2n) is 5.45. The Morgan fingerprint density at radius 1 is 1.06 bits per heavy atom. The number of rotatable bonds is 11. The Labute approximate surface area is 113 Å². The van der Waals surface area contributed by atoms with Crippen LogP contribution in [0.25, 0.3) is 0 Å². The molecule has 1 amide bonds. The van der Waals surface area contributed by atoms with E-state index in [4.69, 9.17) is 0 Å². The van der Waals surface area contributed by atoms with E-state index in [1.165, 1.54) is 44.9 Å². The van der Waals surface area contributed by atoms with Crippen LogP contribution in [0.2, 0.25) is 0 Å². The summed E-state index contributed by atoms with van der Waals surface area (Å²) in [4.78, 5) is 11.4. The molecule has 0 radical (unpaired) electrons. The monoisotopic (exact) mass is 253 g/mol. The van der Waals surface area contributed by atoms with E-state index in [-0.39, 0.29) is 5.91 Å². The van der Waals surface area contributed by atoms with E-state index >= 15 is 0 Å². The summed E-state index contributed by atoms with van der Waals surface area (Å²) in [6.45, 7) is 7.21. The first kappa shape index (κ1) is 17.2. The number of unbranched alkanes of at least 4 members (excludes halogenated alkanes) is 7. The highest BCUT2D eigenvalue weighted by Crippen LogP contribution is 2.08. The molecular weight excluding hydrogens is 222 g/mol. The van der Waals surface area contributed by atoms with Crippen LogP contribution in [0.1, 0.15) is 72.1 Å². The molecule has 0 aliphatic carbocycles. The topological polar surface area (TPSA) is 29.1 Å². The first-order valence-corrected chi connectivity index (χ1v) is 7.61. The van der Waals surface area contributed by atoms with Gasteiger partial charge in [0.25, 0.3) is 0 Å². The van der Waals surface area contributed by atoms with Crippen LogP contribution in [-0.2, 0) is 4.79 Å². The van der Waals surface area contributed by atoms with Crippen LogP contribution in [0, 0.1) is 5.92 Å². The second-order valence-corrected chi connectivity index (χ2v) is 5.45. The summed E-state index contributed by atoms with van der Waals surface area (Å²) in [5, 5.41) is 2.88. The zero-order chi connectivity index (χ0) is 13.6. The number of allylic oxidation sites excluding steroid dienone is 1. The maximum absolute atomic E-state index is 11.4. The third kappa shape index (κ3) is 13.3. The van der Waals surface area contributed by atoms with Gasteiger partial charge >= 0.3 is 0 Å². The lowest BCUT2D eigenvalue weighted by Gasteiger charge is -2.04. The van der Waals surface area contributed by atoms with Gasteiger partial charge < -0.3 is 5.32 Å². The summed E-state index contributed by atoms with van der Waals surface area (Å²) in [5.74, 6) is 0.567. The third-order valence-electron chi connectivity index (χ3n) is 2.93. The minimum Gasteiger partial charge on any atom is -0.352 e. The molecule has 2 heteroatoms. The molecule has 18 heavy (non-hydrogen) atoms. The maximum Gasteiger partial charge on any atom is 0.243 e. The SMILES string of the molecule is CCCCCCCCC/C=C/C(=O)NCC(C)C. The molecular formula is C16H31NO. The lowest BCUT2D eigenvalue weighted by molar-refractivity contribution is -0.116. The molecule has 2 nitrogen and oxygen atoms in total. The predicted octanol–water partition coefficient (Wildman–Crippen LogP) is 4.46. The van der Waals surface area contributed by atoms with Gasteiger partial charge in [-0.1, -0.05) is 65.4 Å². The fourth-order valence-electron chi connectivity index (χ4n) is 1.77. The summed E-state index contributed by atoms with van der Waals surface area (Å²) in [5.41, 5.74) is 0. The number of hydrogen-bond donors (Lipinski definition) is 1. The summed E-state index contributed by atoms with van der Waals surface area (Å²) >= 11 is 0. The van der Waals surface area contributed by atoms with E-state index in [0.717, 1.165) is 13.0 Å². The van der Waals surface area contributed by atoms with E-state index in [9.17, 15) is 4.79 Å². The summed E-state index contributed by atoms with van der Waals surface area (Å²) in [6.07, 6.45) is 14.0. The molecule has 0 aromatic carbocycles. The number of hydrogen-bond acceptors (Lipinski definition) is 1. The van der Waals surface area contributed by atoms with Crippen molar-refractivity contribution < 1.29 is 4.79 Å². The van der Waals surface area contributed by atoms with Crippen LogP contribution in [0.5, 0.6) is 0 Å². The van der Waals surface area contributed by atoms with Crippen molar-refractivity contribution in [2.45, 2.75) is 72.1 Å². The molecule has 0 unspecified atom stereocenters. The molecule has 0 fully saturated rings. The third-order valence-corrected chi connectivity index (χ3v) is 2.93. The van der Waals surface area contributed by atoms with Crippen LogP contribution in [0.3, 0.4) is 0 Å². The minimum atomic E-state index is 0.0478. The Hall–Kier alpha value is -0.790. The van der Waals surface area contributed by atoms with Gasteiger partial charge in [-0.05, 0) is 24.8 Å². The highest BCUT2D eigenvalue weighted by Gasteiger charge is 1.96. The Morgan fingerprint density at radius 3 is 2.28 bits per heavy atom. The zero-order valence-corrected chi connectivity index (χ0v) is 12.5. The van der Waals surface area contributed by atoms with Gasteiger partial charge in [-0.25, -0.2) is 0 Å². The van der Waals surface area contributed by atoms with E-state index < -0.39 is 0 Å². The molecule has 0 aromatic rings. The first-order valence-electron chi connectivity index (χ1n) is 7.61. The molecule has 0 heterocycles. The van der Waals surface area contributed by atoms with Crippen LogP contribution in [-0.4, -0.2) is 12.5 Å². The average Bonchev–Trinajstić information content (AvgIpc) is 2.34. The van der Waals surface area contributed by atoms with Crippen molar-refractivity contribution in [2.75, 3.05) is 6.54 Å². The lowest BCUT2D eigenvalue weighted by atomic mass is 10.1. The fraction of sp³-hybridized carbons (Fsp3) is 0.812. The van der Waals surface area contributed by atoms with Gasteiger partial charge in [0.1, 0.15) is 0 Å². The number of carbonyl (C=O) groups excluding carboxylic acids is 1. The van der Waals surface area contributed by atoms with Crippen LogP contribution >= 0.6 is 0 Å². The van der Waals surface area contributed by atoms with Crippen molar-refractivity contribution in [3.05, 3.63) is 12.2 Å². The van der Waals surface area contributed by atoms with E-state index in [1.807, 2.05) is 6.08 Å². The van der Waals surface area contributed by atoms with Crippen molar-refractivity contribution in [3.8, 4) is 0 Å². The van der Waals surface area contributed by atoms with E-state index in [2.05, 4.69) is 26.1 Å². The molecule has 0 spiro atoms. The summed E-state index contributed by atoms with van der Waals surface area (Å²) in [6, 6.07) is 0. The van der Waals surface area contributed by atoms with Crippen molar-refractivity contribution in [2.24, 2.45) is 5.92 Å². The van der Waals surface area contributed by atoms with Gasteiger partial charge in [0.2, 0.25) is 5.91 Å². The number of nitrogens with one attached hydrogen (secondary N) is 1. The van der Waals surface area contributed by atoms with Crippen molar-refractivity contribution in [3.63, 3.8) is 0 Å². The summed E-state index contributed by atoms with van der Waals surface area (Å²) < 4.78 is 0. The molecule has 0 aliphatic heterocycles. The lowest BCUT2D eigenvalue weighted by Crippen LogP contribution is -2.25. The number of carbonyl (C=O) groups is 1. The summed E-state index contributed by atoms with van der Waals surface area (Å²) in [7, 11) is 0. The highest BCUT2D eigenvalue weighted by molar-refractivity contribution is 5.87. The molecule has 0 saturated carbocycles. The quantitative estimate of drug-likeness (QED) is 0.427. The highest BCUT2D eigenvalue weighted by atomic mass is 16.1. The molecule has 1 N–H and O–H groups in total. The second kappa shape index (κ2) is 12.7. The fourth-order valence-corrected chi connectivity index (χ4v) is 1.77. The van der Waals surface area contributed by atoms with Crippen molar-refractivity contribution in [1.82, 2.24) is 5.32 Å². The molecule has 0 aliphatic rings. The van der Waals surface area contributed by atoms with Crippen LogP contribution < -0.4 is 5.32 Å². The predicted molar refractivity (Wildman–Crippen MR) is 79.6 cm³/mol. The van der Waals surface area contributed by atoms with E-state index in [0.29, 0.717) is 5.92 Å². The molecule has 0 rings (SSSR count). The van der Waals surface area contributed by atoms with Crippen LogP contribution in [0.4, 0.5) is 0 Å². The molecule has 0 bridgehead atoms. The van der Waals surface area contributed by atoms with Crippen molar-refractivity contribution in [1.29, 1.82) is 0 Å². The molecule has 106 valence electrons. The Balaban J connectivity index is 3.29. The van der Waals surface area contributed by atoms with E-state index in [1.54, 1.807) is 6.08 Å². The number of amides is 1. The molecule has 0 aromatic heterocycles. The average molecular weight is 253 g/mol. The molecule has 0 atom stereocenters. The minimum absolute atomic E-state index is 0.0478. The maximum atomic E-state index is 11.4. The van der Waals surface area contributed by atoms with Gasteiger partial charge in [-0.3, -0.25) is 4.79 Å². The normalized spacial score (nSPS) is 11.3. The van der Waals surface area contributed by atoms with Gasteiger partial charge in [0.15, 0.2) is 0 Å². The first-order chi connectivity index (χ1) is 8.66. The van der Waals surface area contributed by atoms with Gasteiger partial charge in [-0.2, -0.15) is 0 Å². The largest absolute Gasteiger partial charge is 0.352 e. The Kier molecular flexibility index (Phi) is 12.1. The smallest absolute Gasteiger partial charge is 0.243 e. The van der Waals surface area contributed by atoms with Gasteiger partial charge in [-0.15, -0.1) is 0 Å².